The van der Waals surface area contributed by atoms with Crippen LogP contribution < -0.4 is 5.32 Å². The van der Waals surface area contributed by atoms with E-state index in [0.717, 1.165) is 11.0 Å². The van der Waals surface area contributed by atoms with Gasteiger partial charge in [0.15, 0.2) is 0 Å². The van der Waals surface area contributed by atoms with Crippen molar-refractivity contribution in [2.24, 2.45) is 7.05 Å². The fourth-order valence-corrected chi connectivity index (χ4v) is 3.20. The summed E-state index contributed by atoms with van der Waals surface area (Å²) in [5, 5.41) is 4.45. The Kier molecular flexibility index (Phi) is 4.50. The number of benzene rings is 2. The summed E-state index contributed by atoms with van der Waals surface area (Å²) in [5.41, 5.74) is 5.19. The van der Waals surface area contributed by atoms with Crippen LogP contribution in [0.4, 0.5) is 4.39 Å². The molecule has 0 bridgehead atoms. The van der Waals surface area contributed by atoms with Gasteiger partial charge in [0.2, 0.25) is 0 Å². The molecular weight excluding hydrogens is 325 g/mol. The van der Waals surface area contributed by atoms with E-state index in [1.807, 2.05) is 36.1 Å². The minimum absolute atomic E-state index is 0.167. The number of nitrogens with one attached hydrogen (secondary N) is 1. The first-order valence-electron chi connectivity index (χ1n) is 8.66. The number of halogens is 1. The summed E-state index contributed by atoms with van der Waals surface area (Å²) in [5.74, 6) is -0.167. The van der Waals surface area contributed by atoms with E-state index in [1.54, 1.807) is 12.1 Å². The van der Waals surface area contributed by atoms with Gasteiger partial charge in [-0.15, -0.1) is 0 Å². The van der Waals surface area contributed by atoms with Crippen molar-refractivity contribution in [3.63, 3.8) is 0 Å². The second-order valence-corrected chi connectivity index (χ2v) is 6.41. The minimum Gasteiger partial charge on any atom is -0.336 e. The molecule has 2 heterocycles. The molecule has 4 aromatic rings. The van der Waals surface area contributed by atoms with Crippen molar-refractivity contribution in [1.82, 2.24) is 14.9 Å². The molecule has 0 unspecified atom stereocenters. The third kappa shape index (κ3) is 3.24. The SMILES string of the molecule is Cn1ccc2c(-c3ccc(CNCc4ccccc4F)cc3)ccnc21. The van der Waals surface area contributed by atoms with Gasteiger partial charge in [0, 0.05) is 43.5 Å². The van der Waals surface area contributed by atoms with E-state index in [1.165, 1.54) is 22.8 Å². The van der Waals surface area contributed by atoms with Crippen LogP contribution in [0.25, 0.3) is 22.2 Å². The number of rotatable bonds is 5. The first-order chi connectivity index (χ1) is 12.7. The van der Waals surface area contributed by atoms with Crippen LogP contribution in [0.1, 0.15) is 11.1 Å². The summed E-state index contributed by atoms with van der Waals surface area (Å²) in [6.45, 7) is 1.22. The lowest BCUT2D eigenvalue weighted by Crippen LogP contribution is -2.13. The van der Waals surface area contributed by atoms with E-state index in [4.69, 9.17) is 0 Å². The predicted octanol–water partition coefficient (Wildman–Crippen LogP) is 4.67. The van der Waals surface area contributed by atoms with Crippen molar-refractivity contribution in [2.75, 3.05) is 0 Å². The highest BCUT2D eigenvalue weighted by molar-refractivity contribution is 5.93. The summed E-state index contributed by atoms with van der Waals surface area (Å²) < 4.78 is 15.7. The largest absolute Gasteiger partial charge is 0.336 e. The van der Waals surface area contributed by atoms with E-state index in [9.17, 15) is 4.39 Å². The molecule has 4 heteroatoms. The van der Waals surface area contributed by atoms with Crippen LogP contribution in [-0.4, -0.2) is 9.55 Å². The standard InChI is InChI=1S/C22H20FN3/c1-26-13-11-20-19(10-12-25-22(20)26)17-8-6-16(7-9-17)14-24-15-18-4-2-3-5-21(18)23/h2-13,24H,14-15H2,1H3. The first kappa shape index (κ1) is 16.5. The Hall–Kier alpha value is -2.98. The van der Waals surface area contributed by atoms with Crippen LogP contribution in [0.15, 0.2) is 73.1 Å². The molecule has 3 nitrogen and oxygen atoms in total. The number of hydrogen-bond donors (Lipinski definition) is 1. The van der Waals surface area contributed by atoms with E-state index in [0.29, 0.717) is 18.7 Å². The highest BCUT2D eigenvalue weighted by Gasteiger charge is 2.07. The third-order valence-corrected chi connectivity index (χ3v) is 4.64. The van der Waals surface area contributed by atoms with Crippen molar-refractivity contribution in [1.29, 1.82) is 0 Å². The molecule has 2 aromatic carbocycles. The molecule has 0 saturated heterocycles. The lowest BCUT2D eigenvalue weighted by atomic mass is 10.0. The van der Waals surface area contributed by atoms with Crippen LogP contribution in [-0.2, 0) is 20.1 Å². The summed E-state index contributed by atoms with van der Waals surface area (Å²) in [6.07, 6.45) is 3.88. The quantitative estimate of drug-likeness (QED) is 0.570. The van der Waals surface area contributed by atoms with E-state index >= 15 is 0 Å². The molecule has 0 aliphatic carbocycles. The molecule has 0 aliphatic rings. The molecule has 26 heavy (non-hydrogen) atoms. The predicted molar refractivity (Wildman–Crippen MR) is 103 cm³/mol. The average Bonchev–Trinajstić information content (AvgIpc) is 3.05. The number of aromatic nitrogens is 2. The normalized spacial score (nSPS) is 11.2. The van der Waals surface area contributed by atoms with Gasteiger partial charge in [0.25, 0.3) is 0 Å². The lowest BCUT2D eigenvalue weighted by Gasteiger charge is -2.08. The lowest BCUT2D eigenvalue weighted by molar-refractivity contribution is 0.588. The van der Waals surface area contributed by atoms with Crippen LogP contribution in [0.3, 0.4) is 0 Å². The van der Waals surface area contributed by atoms with Gasteiger partial charge in [-0.25, -0.2) is 9.37 Å². The van der Waals surface area contributed by atoms with Crippen molar-refractivity contribution < 1.29 is 4.39 Å². The second kappa shape index (κ2) is 7.10. The topological polar surface area (TPSA) is 29.9 Å². The van der Waals surface area contributed by atoms with Crippen molar-refractivity contribution in [3.05, 3.63) is 90.0 Å². The number of pyridine rings is 1. The Morgan fingerprint density at radius 3 is 2.58 bits per heavy atom. The third-order valence-electron chi connectivity index (χ3n) is 4.64. The van der Waals surface area contributed by atoms with Gasteiger partial charge >= 0.3 is 0 Å². The summed E-state index contributed by atoms with van der Waals surface area (Å²) in [7, 11) is 2.00. The molecule has 1 N–H and O–H groups in total. The molecular formula is C22H20FN3. The average molecular weight is 345 g/mol. The smallest absolute Gasteiger partial charge is 0.140 e. The number of fused-ring (bicyclic) bond motifs is 1. The van der Waals surface area contributed by atoms with Gasteiger partial charge in [-0.1, -0.05) is 42.5 Å². The zero-order chi connectivity index (χ0) is 17.9. The Morgan fingerprint density at radius 1 is 0.962 bits per heavy atom. The van der Waals surface area contributed by atoms with Crippen LogP contribution >= 0.6 is 0 Å². The van der Waals surface area contributed by atoms with Gasteiger partial charge in [-0.2, -0.15) is 0 Å². The number of aryl methyl sites for hydroxylation is 1. The molecule has 0 fully saturated rings. The van der Waals surface area contributed by atoms with Crippen molar-refractivity contribution >= 4 is 11.0 Å². The van der Waals surface area contributed by atoms with Crippen molar-refractivity contribution in [3.8, 4) is 11.1 Å². The van der Waals surface area contributed by atoms with Crippen LogP contribution in [0.5, 0.6) is 0 Å². The molecule has 0 amide bonds. The monoisotopic (exact) mass is 345 g/mol. The highest BCUT2D eigenvalue weighted by Crippen LogP contribution is 2.28. The maximum atomic E-state index is 13.6. The van der Waals surface area contributed by atoms with Gasteiger partial charge in [0.05, 0.1) is 0 Å². The van der Waals surface area contributed by atoms with Gasteiger partial charge in [0.1, 0.15) is 11.5 Å². The maximum absolute atomic E-state index is 13.6. The zero-order valence-corrected chi connectivity index (χ0v) is 14.6. The van der Waals surface area contributed by atoms with Gasteiger partial charge in [-0.3, -0.25) is 0 Å². The Bertz CT molecular complexity index is 1030. The molecule has 0 radical (unpaired) electrons. The molecule has 0 spiro atoms. The first-order valence-corrected chi connectivity index (χ1v) is 8.66. The zero-order valence-electron chi connectivity index (χ0n) is 14.6. The molecule has 130 valence electrons. The van der Waals surface area contributed by atoms with Crippen LogP contribution in [0, 0.1) is 5.82 Å². The molecule has 0 atom stereocenters. The molecule has 4 rings (SSSR count). The highest BCUT2D eigenvalue weighted by atomic mass is 19.1. The second-order valence-electron chi connectivity index (χ2n) is 6.41. The van der Waals surface area contributed by atoms with Gasteiger partial charge < -0.3 is 9.88 Å². The maximum Gasteiger partial charge on any atom is 0.140 e. The van der Waals surface area contributed by atoms with Crippen LogP contribution in [0.2, 0.25) is 0 Å². The number of nitrogens with zero attached hydrogens (tertiary/aromatic N) is 2. The molecule has 0 saturated carbocycles. The Labute approximate surface area is 152 Å². The summed E-state index contributed by atoms with van der Waals surface area (Å²) in [4.78, 5) is 4.44. The summed E-state index contributed by atoms with van der Waals surface area (Å²) >= 11 is 0. The molecule has 2 aromatic heterocycles. The fourth-order valence-electron chi connectivity index (χ4n) is 3.20. The van der Waals surface area contributed by atoms with E-state index < -0.39 is 0 Å². The minimum atomic E-state index is -0.167. The Morgan fingerprint density at radius 2 is 1.77 bits per heavy atom. The van der Waals surface area contributed by atoms with Gasteiger partial charge in [-0.05, 0) is 34.9 Å². The number of hydrogen-bond acceptors (Lipinski definition) is 2. The van der Waals surface area contributed by atoms with E-state index in [2.05, 4.69) is 40.6 Å². The van der Waals surface area contributed by atoms with E-state index in [-0.39, 0.29) is 5.82 Å². The van der Waals surface area contributed by atoms with Crippen molar-refractivity contribution in [2.45, 2.75) is 13.1 Å². The fraction of sp³-hybridized carbons (Fsp3) is 0.136. The Balaban J connectivity index is 1.47. The summed E-state index contributed by atoms with van der Waals surface area (Å²) in [6, 6.07) is 19.5. The molecule has 0 aliphatic heterocycles.